The van der Waals surface area contributed by atoms with E-state index in [1.807, 2.05) is 0 Å². The standard InChI is InChI=1S/C13H26N2O2/c1-15(6-8-16-2)10-13(5-7-17-11-13)9-14-12-3-4-12/h12,14H,3-11H2,1-2H3. The molecule has 0 radical (unpaired) electrons. The van der Waals surface area contributed by atoms with E-state index in [1.54, 1.807) is 7.11 Å². The number of likely N-dealkylation sites (N-methyl/N-ethyl adjacent to an activating group) is 1. The Balaban J connectivity index is 1.77. The van der Waals surface area contributed by atoms with Crippen LogP contribution in [-0.4, -0.2) is 64.6 Å². The third-order valence-corrected chi connectivity index (χ3v) is 3.81. The molecule has 1 atom stereocenters. The van der Waals surface area contributed by atoms with Crippen molar-refractivity contribution in [2.24, 2.45) is 5.41 Å². The quantitative estimate of drug-likeness (QED) is 0.680. The Hall–Kier alpha value is -0.160. The Labute approximate surface area is 105 Å². The second-order valence-electron chi connectivity index (χ2n) is 5.69. The number of rotatable bonds is 8. The predicted octanol–water partition coefficient (Wildman–Crippen LogP) is 0.723. The molecule has 0 spiro atoms. The van der Waals surface area contributed by atoms with Crippen LogP contribution in [0, 0.1) is 5.41 Å². The lowest BCUT2D eigenvalue weighted by Gasteiger charge is -2.32. The van der Waals surface area contributed by atoms with Gasteiger partial charge in [-0.25, -0.2) is 0 Å². The molecule has 1 N–H and O–H groups in total. The minimum absolute atomic E-state index is 0.324. The fraction of sp³-hybridized carbons (Fsp3) is 1.00. The number of hydrogen-bond donors (Lipinski definition) is 1. The molecule has 1 saturated heterocycles. The lowest BCUT2D eigenvalue weighted by molar-refractivity contribution is 0.100. The van der Waals surface area contributed by atoms with Gasteiger partial charge in [-0.05, 0) is 26.3 Å². The first-order chi connectivity index (χ1) is 8.24. The molecule has 17 heavy (non-hydrogen) atoms. The number of nitrogens with one attached hydrogen (secondary N) is 1. The summed E-state index contributed by atoms with van der Waals surface area (Å²) in [5.41, 5.74) is 0.324. The van der Waals surface area contributed by atoms with Crippen LogP contribution in [0.25, 0.3) is 0 Å². The maximum Gasteiger partial charge on any atom is 0.0589 e. The van der Waals surface area contributed by atoms with Gasteiger partial charge in [-0.2, -0.15) is 0 Å². The highest BCUT2D eigenvalue weighted by atomic mass is 16.5. The summed E-state index contributed by atoms with van der Waals surface area (Å²) in [7, 11) is 3.94. The maximum atomic E-state index is 5.62. The van der Waals surface area contributed by atoms with Crippen molar-refractivity contribution in [1.29, 1.82) is 0 Å². The summed E-state index contributed by atoms with van der Waals surface area (Å²) < 4.78 is 10.8. The third kappa shape index (κ3) is 4.21. The molecule has 1 unspecified atom stereocenters. The van der Waals surface area contributed by atoms with Crippen LogP contribution in [-0.2, 0) is 9.47 Å². The van der Waals surface area contributed by atoms with Crippen LogP contribution in [0.4, 0.5) is 0 Å². The molecule has 1 aliphatic carbocycles. The van der Waals surface area contributed by atoms with Gasteiger partial charge < -0.3 is 19.7 Å². The monoisotopic (exact) mass is 242 g/mol. The van der Waals surface area contributed by atoms with E-state index in [9.17, 15) is 0 Å². The van der Waals surface area contributed by atoms with Crippen molar-refractivity contribution in [1.82, 2.24) is 10.2 Å². The zero-order valence-corrected chi connectivity index (χ0v) is 11.2. The third-order valence-electron chi connectivity index (χ3n) is 3.81. The highest BCUT2D eigenvalue weighted by Gasteiger charge is 2.37. The van der Waals surface area contributed by atoms with Gasteiger partial charge in [-0.15, -0.1) is 0 Å². The highest BCUT2D eigenvalue weighted by molar-refractivity contribution is 4.91. The molecule has 0 amide bonds. The Morgan fingerprint density at radius 3 is 2.88 bits per heavy atom. The first-order valence-corrected chi connectivity index (χ1v) is 6.73. The van der Waals surface area contributed by atoms with Crippen LogP contribution in [0.5, 0.6) is 0 Å². The topological polar surface area (TPSA) is 33.7 Å². The molecule has 0 aromatic heterocycles. The van der Waals surface area contributed by atoms with Gasteiger partial charge in [0.1, 0.15) is 0 Å². The second-order valence-corrected chi connectivity index (χ2v) is 5.69. The molecule has 2 fully saturated rings. The average Bonchev–Trinajstić information content (AvgIpc) is 3.05. The molecular weight excluding hydrogens is 216 g/mol. The molecular formula is C13H26N2O2. The zero-order chi connectivity index (χ0) is 12.1. The smallest absolute Gasteiger partial charge is 0.0589 e. The summed E-state index contributed by atoms with van der Waals surface area (Å²) in [6, 6.07) is 0.789. The second kappa shape index (κ2) is 6.14. The molecule has 0 aromatic carbocycles. The minimum Gasteiger partial charge on any atom is -0.383 e. The van der Waals surface area contributed by atoms with Gasteiger partial charge in [0.15, 0.2) is 0 Å². The van der Waals surface area contributed by atoms with Crippen molar-refractivity contribution in [2.75, 3.05) is 53.6 Å². The van der Waals surface area contributed by atoms with Crippen molar-refractivity contribution < 1.29 is 9.47 Å². The van der Waals surface area contributed by atoms with E-state index in [0.717, 1.165) is 45.5 Å². The number of hydrogen-bond acceptors (Lipinski definition) is 4. The summed E-state index contributed by atoms with van der Waals surface area (Å²) in [6.45, 7) is 5.85. The highest BCUT2D eigenvalue weighted by Crippen LogP contribution is 2.30. The fourth-order valence-corrected chi connectivity index (χ4v) is 2.52. The van der Waals surface area contributed by atoms with Gasteiger partial charge in [-0.3, -0.25) is 0 Å². The maximum absolute atomic E-state index is 5.62. The van der Waals surface area contributed by atoms with Gasteiger partial charge in [-0.1, -0.05) is 0 Å². The van der Waals surface area contributed by atoms with E-state index in [-0.39, 0.29) is 0 Å². The summed E-state index contributed by atoms with van der Waals surface area (Å²) in [5.74, 6) is 0. The normalized spacial score (nSPS) is 29.1. The molecule has 1 saturated carbocycles. The average molecular weight is 242 g/mol. The molecule has 1 aliphatic heterocycles. The van der Waals surface area contributed by atoms with E-state index in [2.05, 4.69) is 17.3 Å². The first kappa shape index (κ1) is 13.3. The van der Waals surface area contributed by atoms with Crippen molar-refractivity contribution in [2.45, 2.75) is 25.3 Å². The van der Waals surface area contributed by atoms with Crippen LogP contribution >= 0.6 is 0 Å². The van der Waals surface area contributed by atoms with E-state index in [4.69, 9.17) is 9.47 Å². The van der Waals surface area contributed by atoms with Gasteiger partial charge in [0.05, 0.1) is 13.2 Å². The summed E-state index contributed by atoms with van der Waals surface area (Å²) in [6.07, 6.45) is 3.90. The molecule has 2 aliphatic rings. The predicted molar refractivity (Wildman–Crippen MR) is 68.3 cm³/mol. The van der Waals surface area contributed by atoms with Gasteiger partial charge >= 0.3 is 0 Å². The van der Waals surface area contributed by atoms with Gasteiger partial charge in [0.25, 0.3) is 0 Å². The fourth-order valence-electron chi connectivity index (χ4n) is 2.52. The molecule has 4 nitrogen and oxygen atoms in total. The Kier molecular flexibility index (Phi) is 4.79. The van der Waals surface area contributed by atoms with E-state index in [1.165, 1.54) is 19.3 Å². The molecule has 0 aromatic rings. The van der Waals surface area contributed by atoms with Crippen molar-refractivity contribution in [3.63, 3.8) is 0 Å². The molecule has 0 bridgehead atoms. The number of nitrogens with zero attached hydrogens (tertiary/aromatic N) is 1. The van der Waals surface area contributed by atoms with Crippen LogP contribution in [0.2, 0.25) is 0 Å². The molecule has 1 heterocycles. The van der Waals surface area contributed by atoms with E-state index >= 15 is 0 Å². The van der Waals surface area contributed by atoms with Crippen molar-refractivity contribution >= 4 is 0 Å². The van der Waals surface area contributed by atoms with Gasteiger partial charge in [0, 0.05) is 44.8 Å². The number of ether oxygens (including phenoxy) is 2. The summed E-state index contributed by atoms with van der Waals surface area (Å²) in [5, 5.41) is 3.66. The minimum atomic E-state index is 0.324. The first-order valence-electron chi connectivity index (χ1n) is 6.73. The summed E-state index contributed by atoms with van der Waals surface area (Å²) >= 11 is 0. The molecule has 2 rings (SSSR count). The van der Waals surface area contributed by atoms with E-state index in [0.29, 0.717) is 5.41 Å². The largest absolute Gasteiger partial charge is 0.383 e. The van der Waals surface area contributed by atoms with Crippen LogP contribution in [0.1, 0.15) is 19.3 Å². The number of methoxy groups -OCH3 is 1. The molecule has 4 heteroatoms. The SMILES string of the molecule is COCCN(C)CC1(CNC2CC2)CCOC1. The van der Waals surface area contributed by atoms with Crippen LogP contribution in [0.15, 0.2) is 0 Å². The van der Waals surface area contributed by atoms with Gasteiger partial charge in [0.2, 0.25) is 0 Å². The van der Waals surface area contributed by atoms with Crippen LogP contribution in [0.3, 0.4) is 0 Å². The van der Waals surface area contributed by atoms with Crippen LogP contribution < -0.4 is 5.32 Å². The van der Waals surface area contributed by atoms with Crippen molar-refractivity contribution in [3.05, 3.63) is 0 Å². The Morgan fingerprint density at radius 2 is 2.29 bits per heavy atom. The zero-order valence-electron chi connectivity index (χ0n) is 11.2. The summed E-state index contributed by atoms with van der Waals surface area (Å²) in [4.78, 5) is 2.37. The van der Waals surface area contributed by atoms with Crippen molar-refractivity contribution in [3.8, 4) is 0 Å². The Morgan fingerprint density at radius 1 is 1.47 bits per heavy atom. The Bertz CT molecular complexity index is 225. The lowest BCUT2D eigenvalue weighted by atomic mass is 9.86. The molecule has 100 valence electrons. The lowest BCUT2D eigenvalue weighted by Crippen LogP contribution is -2.44. The van der Waals surface area contributed by atoms with E-state index < -0.39 is 0 Å².